The van der Waals surface area contributed by atoms with Gasteiger partial charge in [-0.25, -0.2) is 0 Å². The molecule has 1 aromatic carbocycles. The smallest absolute Gasteiger partial charge is 0.279 e. The van der Waals surface area contributed by atoms with Crippen LogP contribution in [0.2, 0.25) is 0 Å². The van der Waals surface area contributed by atoms with E-state index >= 15 is 0 Å². The molecule has 0 bridgehead atoms. The molecule has 138 valence electrons. The highest BCUT2D eigenvalue weighted by Crippen LogP contribution is 2.40. The van der Waals surface area contributed by atoms with Crippen molar-refractivity contribution in [2.75, 3.05) is 29.3 Å². The van der Waals surface area contributed by atoms with Gasteiger partial charge in [-0.1, -0.05) is 12.1 Å². The second kappa shape index (κ2) is 6.40. The van der Waals surface area contributed by atoms with Crippen LogP contribution in [0.25, 0.3) is 0 Å². The van der Waals surface area contributed by atoms with Crippen LogP contribution in [-0.2, 0) is 21.9 Å². The highest BCUT2D eigenvalue weighted by Gasteiger charge is 2.30. The summed E-state index contributed by atoms with van der Waals surface area (Å²) >= 11 is 0. The summed E-state index contributed by atoms with van der Waals surface area (Å²) < 4.78 is 29.8. The average molecular weight is 375 g/mol. The van der Waals surface area contributed by atoms with Crippen molar-refractivity contribution in [1.29, 1.82) is 0 Å². The quantitative estimate of drug-likeness (QED) is 0.814. The number of nitrogens with zero attached hydrogens (tertiary/aromatic N) is 3. The molecule has 2 heterocycles. The molecule has 2 N–H and O–H groups in total. The Balaban J connectivity index is 1.65. The number of sulfonamides is 1. The molecular formula is C17H21N5O3S. The predicted octanol–water partition coefficient (Wildman–Crippen LogP) is 1.03. The first kappa shape index (κ1) is 17.0. The maximum atomic E-state index is 12.9. The normalized spacial score (nSPS) is 18.2. The van der Waals surface area contributed by atoms with Gasteiger partial charge in [-0.2, -0.15) is 13.5 Å². The Hall–Kier alpha value is -2.39. The number of carbonyl (C=O) groups is 1. The van der Waals surface area contributed by atoms with Gasteiger partial charge in [0.25, 0.3) is 10.0 Å². The number of anilines is 2. The van der Waals surface area contributed by atoms with Crippen molar-refractivity contribution in [3.05, 3.63) is 36.0 Å². The molecule has 2 aliphatic rings. The summed E-state index contributed by atoms with van der Waals surface area (Å²) in [5, 5.41) is 7.47. The third kappa shape index (κ3) is 3.19. The number of amides is 1. The summed E-state index contributed by atoms with van der Waals surface area (Å²) in [6.45, 7) is 1.40. The van der Waals surface area contributed by atoms with Crippen LogP contribution in [0.3, 0.4) is 0 Å². The number of rotatable bonds is 5. The van der Waals surface area contributed by atoms with Crippen molar-refractivity contribution < 1.29 is 13.2 Å². The van der Waals surface area contributed by atoms with Crippen LogP contribution in [0.4, 0.5) is 11.4 Å². The molecule has 0 radical (unpaired) electrons. The van der Waals surface area contributed by atoms with Gasteiger partial charge in [0, 0.05) is 32.1 Å². The zero-order chi connectivity index (χ0) is 18.3. The molecule has 0 atom stereocenters. The third-order valence-electron chi connectivity index (χ3n) is 4.66. The van der Waals surface area contributed by atoms with Crippen molar-refractivity contribution in [2.45, 2.75) is 23.8 Å². The Morgan fingerprint density at radius 3 is 2.77 bits per heavy atom. The third-order valence-corrected chi connectivity index (χ3v) is 6.08. The monoisotopic (exact) mass is 375 g/mol. The number of nitrogens with one attached hydrogen (secondary N) is 2. The van der Waals surface area contributed by atoms with Crippen LogP contribution in [0.1, 0.15) is 24.5 Å². The number of aromatic nitrogens is 2. The molecule has 2 aromatic rings. The maximum absolute atomic E-state index is 12.9. The van der Waals surface area contributed by atoms with Crippen molar-refractivity contribution in [3.63, 3.8) is 0 Å². The SMILES string of the molecule is Cn1nc(C2CC2)cc1S(=O)(=O)Nc1ccccc1N1CCNCC1=O. The minimum absolute atomic E-state index is 0.0838. The van der Waals surface area contributed by atoms with Crippen LogP contribution in [-0.4, -0.2) is 43.7 Å². The van der Waals surface area contributed by atoms with Gasteiger partial charge in [0.15, 0.2) is 5.03 Å². The van der Waals surface area contributed by atoms with Gasteiger partial charge in [-0.15, -0.1) is 0 Å². The van der Waals surface area contributed by atoms with Crippen molar-refractivity contribution in [3.8, 4) is 0 Å². The van der Waals surface area contributed by atoms with Crippen molar-refractivity contribution >= 4 is 27.3 Å². The van der Waals surface area contributed by atoms with Gasteiger partial charge >= 0.3 is 0 Å². The molecule has 8 nitrogen and oxygen atoms in total. The Kier molecular flexibility index (Phi) is 4.20. The van der Waals surface area contributed by atoms with E-state index in [1.165, 1.54) is 4.68 Å². The first-order valence-corrected chi connectivity index (χ1v) is 10.1. The zero-order valence-electron chi connectivity index (χ0n) is 14.5. The van der Waals surface area contributed by atoms with E-state index < -0.39 is 10.0 Å². The van der Waals surface area contributed by atoms with E-state index in [1.54, 1.807) is 42.3 Å². The standard InChI is InChI=1S/C17H21N5O3S/c1-21-17(10-14(19-21)12-6-7-12)26(24,25)20-13-4-2-3-5-15(13)22-9-8-18-11-16(22)23/h2-5,10,12,18,20H,6-9,11H2,1H3. The second-order valence-corrected chi connectivity index (χ2v) is 8.28. The summed E-state index contributed by atoms with van der Waals surface area (Å²) in [5.41, 5.74) is 1.77. The number of carbonyl (C=O) groups excluding carboxylic acids is 1. The summed E-state index contributed by atoms with van der Waals surface area (Å²) in [7, 11) is -2.18. The molecule has 1 aromatic heterocycles. The summed E-state index contributed by atoms with van der Waals surface area (Å²) in [5.74, 6) is 0.287. The molecule has 1 saturated carbocycles. The molecule has 0 unspecified atom stereocenters. The minimum Gasteiger partial charge on any atom is -0.308 e. The number of para-hydroxylation sites is 2. The largest absolute Gasteiger partial charge is 0.308 e. The topological polar surface area (TPSA) is 96.3 Å². The first-order chi connectivity index (χ1) is 12.5. The summed E-state index contributed by atoms with van der Waals surface area (Å²) in [6.07, 6.45) is 2.11. The van der Waals surface area contributed by atoms with E-state index in [0.717, 1.165) is 18.5 Å². The molecule has 1 saturated heterocycles. The molecule has 9 heteroatoms. The van der Waals surface area contributed by atoms with Gasteiger partial charge in [-0.3, -0.25) is 14.2 Å². The lowest BCUT2D eigenvalue weighted by atomic mass is 10.2. The van der Waals surface area contributed by atoms with E-state index in [9.17, 15) is 13.2 Å². The van der Waals surface area contributed by atoms with Gasteiger partial charge < -0.3 is 10.2 Å². The molecular weight excluding hydrogens is 354 g/mol. The van der Waals surface area contributed by atoms with Gasteiger partial charge in [0.1, 0.15) is 0 Å². The lowest BCUT2D eigenvalue weighted by Gasteiger charge is -2.29. The fourth-order valence-corrected chi connectivity index (χ4v) is 4.39. The van der Waals surface area contributed by atoms with Crippen LogP contribution in [0.5, 0.6) is 0 Å². The molecule has 26 heavy (non-hydrogen) atoms. The highest BCUT2D eigenvalue weighted by atomic mass is 32.2. The van der Waals surface area contributed by atoms with Crippen molar-refractivity contribution in [1.82, 2.24) is 15.1 Å². The van der Waals surface area contributed by atoms with Crippen LogP contribution in [0, 0.1) is 0 Å². The lowest BCUT2D eigenvalue weighted by molar-refractivity contribution is -0.118. The fourth-order valence-electron chi connectivity index (χ4n) is 3.15. The Labute approximate surface area is 152 Å². The number of aryl methyl sites for hydroxylation is 1. The molecule has 1 amide bonds. The number of benzene rings is 1. The Bertz CT molecular complexity index is 949. The molecule has 0 spiro atoms. The lowest BCUT2D eigenvalue weighted by Crippen LogP contribution is -2.48. The Morgan fingerprint density at radius 2 is 2.04 bits per heavy atom. The molecule has 4 rings (SSSR count). The summed E-state index contributed by atoms with van der Waals surface area (Å²) in [4.78, 5) is 13.8. The van der Waals surface area contributed by atoms with Crippen LogP contribution >= 0.6 is 0 Å². The first-order valence-electron chi connectivity index (χ1n) is 8.62. The molecule has 1 aliphatic heterocycles. The zero-order valence-corrected chi connectivity index (χ0v) is 15.3. The van der Waals surface area contributed by atoms with Crippen LogP contribution < -0.4 is 14.9 Å². The van der Waals surface area contributed by atoms with E-state index in [1.807, 2.05) is 0 Å². The van der Waals surface area contributed by atoms with Crippen LogP contribution in [0.15, 0.2) is 35.4 Å². The predicted molar refractivity (Wildman–Crippen MR) is 97.7 cm³/mol. The summed E-state index contributed by atoms with van der Waals surface area (Å²) in [6, 6.07) is 8.59. The highest BCUT2D eigenvalue weighted by molar-refractivity contribution is 7.92. The fraction of sp³-hybridized carbons (Fsp3) is 0.412. The van der Waals surface area contributed by atoms with E-state index in [-0.39, 0.29) is 17.5 Å². The average Bonchev–Trinajstić information content (AvgIpc) is 3.38. The Morgan fingerprint density at radius 1 is 1.27 bits per heavy atom. The second-order valence-electron chi connectivity index (χ2n) is 6.65. The van der Waals surface area contributed by atoms with Gasteiger partial charge in [-0.05, 0) is 25.0 Å². The van der Waals surface area contributed by atoms with E-state index in [4.69, 9.17) is 0 Å². The van der Waals surface area contributed by atoms with E-state index in [2.05, 4.69) is 15.1 Å². The molecule has 2 fully saturated rings. The van der Waals surface area contributed by atoms with Gasteiger partial charge in [0.05, 0.1) is 23.6 Å². The number of hydrogen-bond donors (Lipinski definition) is 2. The minimum atomic E-state index is -3.81. The van der Waals surface area contributed by atoms with Gasteiger partial charge in [0.2, 0.25) is 5.91 Å². The number of piperazine rings is 1. The number of hydrogen-bond acceptors (Lipinski definition) is 5. The van der Waals surface area contributed by atoms with Crippen molar-refractivity contribution in [2.24, 2.45) is 7.05 Å². The maximum Gasteiger partial charge on any atom is 0.279 e. The van der Waals surface area contributed by atoms with E-state index in [0.29, 0.717) is 30.4 Å². The molecule has 1 aliphatic carbocycles.